The third kappa shape index (κ3) is 3.14. The van der Waals surface area contributed by atoms with Crippen LogP contribution in [-0.2, 0) is 17.8 Å². The van der Waals surface area contributed by atoms with E-state index in [4.69, 9.17) is 0 Å². The first kappa shape index (κ1) is 17.8. The van der Waals surface area contributed by atoms with Crippen molar-refractivity contribution in [3.63, 3.8) is 0 Å². The zero-order chi connectivity index (χ0) is 19.0. The molecule has 1 atom stereocenters. The minimum absolute atomic E-state index is 0.0440. The number of fused-ring (bicyclic) bond motifs is 2. The molecule has 0 fully saturated rings. The summed E-state index contributed by atoms with van der Waals surface area (Å²) >= 11 is 1.33. The van der Waals surface area contributed by atoms with Gasteiger partial charge in [-0.05, 0) is 44.0 Å². The molecule has 1 amide bonds. The molecule has 0 unspecified atom stereocenters. The molecule has 3 aromatic rings. The number of rotatable bonds is 4. The Labute approximate surface area is 162 Å². The number of carbonyl (C=O) groups excluding carboxylic acids is 1. The van der Waals surface area contributed by atoms with Crippen LogP contribution >= 0.6 is 11.8 Å². The molecule has 5 nitrogen and oxygen atoms in total. The maximum atomic E-state index is 12.9. The highest BCUT2D eigenvalue weighted by Gasteiger charge is 2.30. The van der Waals surface area contributed by atoms with Crippen molar-refractivity contribution >= 4 is 34.3 Å². The van der Waals surface area contributed by atoms with Crippen LogP contribution in [0.1, 0.15) is 19.4 Å². The van der Waals surface area contributed by atoms with Gasteiger partial charge < -0.3 is 4.90 Å². The van der Waals surface area contributed by atoms with Crippen LogP contribution < -0.4 is 10.5 Å². The van der Waals surface area contributed by atoms with E-state index in [1.54, 1.807) is 10.6 Å². The molecular formula is C21H21N3O2S. The van der Waals surface area contributed by atoms with Gasteiger partial charge in [0.05, 0.1) is 16.7 Å². The lowest BCUT2D eigenvalue weighted by Crippen LogP contribution is -2.37. The molecule has 2 heterocycles. The number of thioether (sulfide) groups is 1. The van der Waals surface area contributed by atoms with Gasteiger partial charge in [0, 0.05) is 18.3 Å². The third-order valence-electron chi connectivity index (χ3n) is 4.94. The molecule has 0 N–H and O–H groups in total. The molecule has 0 aliphatic carbocycles. The molecule has 0 bridgehead atoms. The fraction of sp³-hybridized carbons (Fsp3) is 0.286. The number of carbonyl (C=O) groups is 1. The number of aromatic nitrogens is 2. The van der Waals surface area contributed by atoms with Gasteiger partial charge in [-0.25, -0.2) is 4.98 Å². The fourth-order valence-electron chi connectivity index (χ4n) is 3.68. The molecule has 1 aliphatic rings. The van der Waals surface area contributed by atoms with Gasteiger partial charge in [0.1, 0.15) is 0 Å². The molecule has 0 spiro atoms. The minimum atomic E-state index is -0.0575. The Balaban J connectivity index is 1.60. The van der Waals surface area contributed by atoms with Gasteiger partial charge in [-0.3, -0.25) is 14.2 Å². The normalized spacial score (nSPS) is 15.9. The van der Waals surface area contributed by atoms with Crippen LogP contribution in [0.5, 0.6) is 0 Å². The molecule has 0 radical (unpaired) electrons. The van der Waals surface area contributed by atoms with Crippen molar-refractivity contribution in [3.8, 4) is 0 Å². The molecule has 0 saturated heterocycles. The SMILES string of the molecule is CCn1c(SCC(=O)N2c3ccccc3C[C@H]2C)nc2ccccc2c1=O. The monoisotopic (exact) mass is 379 g/mol. The zero-order valence-electron chi connectivity index (χ0n) is 15.4. The van der Waals surface area contributed by atoms with Crippen LogP contribution in [0.25, 0.3) is 10.9 Å². The quantitative estimate of drug-likeness (QED) is 0.514. The van der Waals surface area contributed by atoms with Crippen molar-refractivity contribution in [2.24, 2.45) is 0 Å². The maximum absolute atomic E-state index is 12.9. The van der Waals surface area contributed by atoms with Gasteiger partial charge in [0.15, 0.2) is 5.16 Å². The van der Waals surface area contributed by atoms with Gasteiger partial charge in [0.2, 0.25) is 5.91 Å². The molecule has 4 rings (SSSR count). The molecule has 138 valence electrons. The fourth-order valence-corrected chi connectivity index (χ4v) is 4.60. The van der Waals surface area contributed by atoms with E-state index in [-0.39, 0.29) is 23.3 Å². The lowest BCUT2D eigenvalue weighted by Gasteiger charge is -2.22. The van der Waals surface area contributed by atoms with Gasteiger partial charge in [-0.2, -0.15) is 0 Å². The molecular weight excluding hydrogens is 358 g/mol. The Kier molecular flexibility index (Phi) is 4.74. The molecule has 27 heavy (non-hydrogen) atoms. The van der Waals surface area contributed by atoms with Gasteiger partial charge in [-0.15, -0.1) is 0 Å². The molecule has 6 heteroatoms. The van der Waals surface area contributed by atoms with Crippen molar-refractivity contribution in [1.29, 1.82) is 0 Å². The van der Waals surface area contributed by atoms with Gasteiger partial charge in [0.25, 0.3) is 5.56 Å². The van der Waals surface area contributed by atoms with Gasteiger partial charge in [-0.1, -0.05) is 42.1 Å². The number of nitrogens with zero attached hydrogens (tertiary/aromatic N) is 3. The van der Waals surface area contributed by atoms with E-state index < -0.39 is 0 Å². The summed E-state index contributed by atoms with van der Waals surface area (Å²) in [5.74, 6) is 0.297. The van der Waals surface area contributed by atoms with Gasteiger partial charge >= 0.3 is 0 Å². The highest BCUT2D eigenvalue weighted by molar-refractivity contribution is 7.99. The van der Waals surface area contributed by atoms with Crippen molar-refractivity contribution < 1.29 is 4.79 Å². The van der Waals surface area contributed by atoms with Crippen LogP contribution in [0.2, 0.25) is 0 Å². The second-order valence-electron chi connectivity index (χ2n) is 6.70. The number of anilines is 1. The lowest BCUT2D eigenvalue weighted by atomic mass is 10.1. The van der Waals surface area contributed by atoms with Crippen LogP contribution in [0.15, 0.2) is 58.5 Å². The largest absolute Gasteiger partial charge is 0.308 e. The highest BCUT2D eigenvalue weighted by Crippen LogP contribution is 2.32. The Morgan fingerprint density at radius 2 is 1.93 bits per heavy atom. The van der Waals surface area contributed by atoms with Crippen LogP contribution in [-0.4, -0.2) is 27.3 Å². The summed E-state index contributed by atoms with van der Waals surface area (Å²) in [4.78, 5) is 32.1. The number of amides is 1. The first-order valence-electron chi connectivity index (χ1n) is 9.12. The zero-order valence-corrected chi connectivity index (χ0v) is 16.2. The average molecular weight is 379 g/mol. The predicted molar refractivity (Wildman–Crippen MR) is 109 cm³/mol. The van der Waals surface area contributed by atoms with Crippen molar-refractivity contribution in [2.45, 2.75) is 38.0 Å². The van der Waals surface area contributed by atoms with E-state index in [9.17, 15) is 9.59 Å². The second kappa shape index (κ2) is 7.19. The van der Waals surface area contributed by atoms with Crippen molar-refractivity contribution in [3.05, 3.63) is 64.4 Å². The number of hydrogen-bond donors (Lipinski definition) is 0. The summed E-state index contributed by atoms with van der Waals surface area (Å²) in [6.45, 7) is 4.51. The first-order valence-corrected chi connectivity index (χ1v) is 10.1. The molecule has 1 aliphatic heterocycles. The van der Waals surface area contributed by atoms with Crippen molar-refractivity contribution in [2.75, 3.05) is 10.7 Å². The third-order valence-corrected chi connectivity index (χ3v) is 5.90. The summed E-state index contributed by atoms with van der Waals surface area (Å²) < 4.78 is 1.64. The second-order valence-corrected chi connectivity index (χ2v) is 7.64. The summed E-state index contributed by atoms with van der Waals surface area (Å²) in [6.07, 6.45) is 0.875. The van der Waals surface area contributed by atoms with Crippen LogP contribution in [0, 0.1) is 0 Å². The van der Waals surface area contributed by atoms with E-state index in [0.717, 1.165) is 12.1 Å². The number of para-hydroxylation sites is 2. The van der Waals surface area contributed by atoms with E-state index in [2.05, 4.69) is 18.0 Å². The van der Waals surface area contributed by atoms with E-state index in [1.165, 1.54) is 17.3 Å². The molecule has 1 aromatic heterocycles. The summed E-state index contributed by atoms with van der Waals surface area (Å²) in [5, 5.41) is 1.20. The highest BCUT2D eigenvalue weighted by atomic mass is 32.2. The van der Waals surface area contributed by atoms with E-state index in [1.807, 2.05) is 48.2 Å². The smallest absolute Gasteiger partial charge is 0.262 e. The minimum Gasteiger partial charge on any atom is -0.308 e. The Morgan fingerprint density at radius 1 is 1.19 bits per heavy atom. The maximum Gasteiger partial charge on any atom is 0.262 e. The topological polar surface area (TPSA) is 55.2 Å². The van der Waals surface area contributed by atoms with Crippen LogP contribution in [0.4, 0.5) is 5.69 Å². The van der Waals surface area contributed by atoms with Crippen LogP contribution in [0.3, 0.4) is 0 Å². The Morgan fingerprint density at radius 3 is 2.74 bits per heavy atom. The van der Waals surface area contributed by atoms with Crippen molar-refractivity contribution in [1.82, 2.24) is 9.55 Å². The first-order chi connectivity index (χ1) is 13.1. The Bertz CT molecular complexity index is 1080. The van der Waals surface area contributed by atoms with E-state index in [0.29, 0.717) is 22.6 Å². The van der Waals surface area contributed by atoms with E-state index >= 15 is 0 Å². The molecule has 0 saturated carbocycles. The Hall–Kier alpha value is -2.60. The summed E-state index contributed by atoms with van der Waals surface area (Å²) in [5.41, 5.74) is 2.81. The molecule has 2 aromatic carbocycles. The number of benzene rings is 2. The average Bonchev–Trinajstić information content (AvgIpc) is 3.02. The standard InChI is InChI=1S/C21H21N3O2S/c1-3-23-20(26)16-9-5-6-10-17(16)22-21(23)27-13-19(25)24-14(2)12-15-8-4-7-11-18(15)24/h4-11,14H,3,12-13H2,1-2H3/t14-/m1/s1. The summed E-state index contributed by atoms with van der Waals surface area (Å²) in [6, 6.07) is 15.5. The summed E-state index contributed by atoms with van der Waals surface area (Å²) in [7, 11) is 0. The number of hydrogen-bond acceptors (Lipinski definition) is 4. The lowest BCUT2D eigenvalue weighted by molar-refractivity contribution is -0.116. The predicted octanol–water partition coefficient (Wildman–Crippen LogP) is 3.49.